The first-order chi connectivity index (χ1) is 10.6. The van der Waals surface area contributed by atoms with Crippen LogP contribution in [0.2, 0.25) is 0 Å². The zero-order valence-electron chi connectivity index (χ0n) is 13.6. The molecule has 0 aromatic carbocycles. The number of carbonyl (C=O) groups is 2. The number of nitrogens with one attached hydrogen (secondary N) is 3. The van der Waals surface area contributed by atoms with Gasteiger partial charge in [0.2, 0.25) is 11.8 Å². The van der Waals surface area contributed by atoms with Crippen LogP contribution < -0.4 is 16.0 Å². The SMILES string of the molecule is CC(CC(=O)NCC1=CCNCC1)NC(=O)C1CCCCC1. The lowest BCUT2D eigenvalue weighted by atomic mass is 9.88. The van der Waals surface area contributed by atoms with Gasteiger partial charge in [0.1, 0.15) is 0 Å². The van der Waals surface area contributed by atoms with Crippen molar-refractivity contribution in [2.75, 3.05) is 19.6 Å². The van der Waals surface area contributed by atoms with Crippen LogP contribution in [0, 0.1) is 5.92 Å². The highest BCUT2D eigenvalue weighted by Gasteiger charge is 2.22. The van der Waals surface area contributed by atoms with E-state index in [2.05, 4.69) is 22.0 Å². The molecule has 0 spiro atoms. The summed E-state index contributed by atoms with van der Waals surface area (Å²) in [4.78, 5) is 24.1. The van der Waals surface area contributed by atoms with Gasteiger partial charge in [-0.25, -0.2) is 0 Å². The molecule has 3 N–H and O–H groups in total. The van der Waals surface area contributed by atoms with Crippen molar-refractivity contribution in [3.05, 3.63) is 11.6 Å². The molecule has 124 valence electrons. The van der Waals surface area contributed by atoms with Crippen molar-refractivity contribution in [2.45, 2.75) is 57.9 Å². The summed E-state index contributed by atoms with van der Waals surface area (Å²) in [5.74, 6) is 0.288. The quantitative estimate of drug-likeness (QED) is 0.651. The molecular weight excluding hydrogens is 278 g/mol. The normalized spacial score (nSPS) is 20.9. The van der Waals surface area contributed by atoms with Crippen molar-refractivity contribution < 1.29 is 9.59 Å². The summed E-state index contributed by atoms with van der Waals surface area (Å²) < 4.78 is 0. The zero-order valence-corrected chi connectivity index (χ0v) is 13.6. The van der Waals surface area contributed by atoms with E-state index in [0.29, 0.717) is 13.0 Å². The second-order valence-electron chi connectivity index (χ2n) is 6.54. The maximum Gasteiger partial charge on any atom is 0.223 e. The fraction of sp³-hybridized carbons (Fsp3) is 0.765. The Morgan fingerprint density at radius 3 is 2.77 bits per heavy atom. The van der Waals surface area contributed by atoms with E-state index in [9.17, 15) is 9.59 Å². The predicted octanol–water partition coefficient (Wildman–Crippen LogP) is 1.50. The molecule has 1 unspecified atom stereocenters. The van der Waals surface area contributed by atoms with E-state index in [0.717, 1.165) is 45.2 Å². The summed E-state index contributed by atoms with van der Waals surface area (Å²) in [7, 11) is 0. The molecule has 1 aliphatic carbocycles. The average molecular weight is 307 g/mol. The Bertz CT molecular complexity index is 414. The Hall–Kier alpha value is -1.36. The van der Waals surface area contributed by atoms with Gasteiger partial charge in [0.15, 0.2) is 0 Å². The highest BCUT2D eigenvalue weighted by Crippen LogP contribution is 2.23. The van der Waals surface area contributed by atoms with E-state index >= 15 is 0 Å². The van der Waals surface area contributed by atoms with Gasteiger partial charge in [0.05, 0.1) is 0 Å². The van der Waals surface area contributed by atoms with E-state index in [1.54, 1.807) is 0 Å². The summed E-state index contributed by atoms with van der Waals surface area (Å²) >= 11 is 0. The summed E-state index contributed by atoms with van der Waals surface area (Å²) in [5, 5.41) is 9.19. The molecule has 2 aliphatic rings. The minimum atomic E-state index is -0.101. The van der Waals surface area contributed by atoms with Gasteiger partial charge in [0.25, 0.3) is 0 Å². The van der Waals surface area contributed by atoms with Crippen LogP contribution in [0.1, 0.15) is 51.9 Å². The third-order valence-corrected chi connectivity index (χ3v) is 4.53. The minimum absolute atomic E-state index is 0.0101. The molecule has 1 fully saturated rings. The highest BCUT2D eigenvalue weighted by atomic mass is 16.2. The second kappa shape index (κ2) is 8.93. The minimum Gasteiger partial charge on any atom is -0.353 e. The number of carbonyl (C=O) groups excluding carboxylic acids is 2. The van der Waals surface area contributed by atoms with Crippen LogP contribution in [-0.2, 0) is 9.59 Å². The Balaban J connectivity index is 1.64. The van der Waals surface area contributed by atoms with E-state index in [4.69, 9.17) is 0 Å². The predicted molar refractivity (Wildman–Crippen MR) is 87.4 cm³/mol. The number of hydrogen-bond donors (Lipinski definition) is 3. The van der Waals surface area contributed by atoms with Crippen molar-refractivity contribution in [3.63, 3.8) is 0 Å². The van der Waals surface area contributed by atoms with Crippen molar-refractivity contribution in [1.82, 2.24) is 16.0 Å². The molecule has 1 saturated carbocycles. The van der Waals surface area contributed by atoms with E-state index < -0.39 is 0 Å². The first kappa shape index (κ1) is 17.0. The molecule has 2 rings (SSSR count). The summed E-state index contributed by atoms with van der Waals surface area (Å²) in [5.41, 5.74) is 1.28. The molecule has 2 amide bonds. The lowest BCUT2D eigenvalue weighted by Crippen LogP contribution is -2.41. The molecule has 0 bridgehead atoms. The summed E-state index contributed by atoms with van der Waals surface area (Å²) in [6.45, 7) is 4.41. The molecule has 0 aromatic rings. The topological polar surface area (TPSA) is 70.2 Å². The van der Waals surface area contributed by atoms with Gasteiger partial charge in [-0.2, -0.15) is 0 Å². The molecule has 0 aromatic heterocycles. The third-order valence-electron chi connectivity index (χ3n) is 4.53. The maximum atomic E-state index is 12.1. The Morgan fingerprint density at radius 1 is 1.32 bits per heavy atom. The van der Waals surface area contributed by atoms with Crippen LogP contribution >= 0.6 is 0 Å². The van der Waals surface area contributed by atoms with Gasteiger partial charge in [0, 0.05) is 31.5 Å². The van der Waals surface area contributed by atoms with Crippen molar-refractivity contribution >= 4 is 11.8 Å². The number of amides is 2. The first-order valence-corrected chi connectivity index (χ1v) is 8.61. The first-order valence-electron chi connectivity index (χ1n) is 8.61. The van der Waals surface area contributed by atoms with Crippen LogP contribution in [0.15, 0.2) is 11.6 Å². The lowest BCUT2D eigenvalue weighted by molar-refractivity contribution is -0.127. The largest absolute Gasteiger partial charge is 0.353 e. The van der Waals surface area contributed by atoms with Crippen molar-refractivity contribution in [2.24, 2.45) is 5.92 Å². The molecule has 1 heterocycles. The van der Waals surface area contributed by atoms with E-state index in [1.165, 1.54) is 12.0 Å². The fourth-order valence-electron chi connectivity index (χ4n) is 3.17. The molecule has 5 nitrogen and oxygen atoms in total. The molecule has 22 heavy (non-hydrogen) atoms. The highest BCUT2D eigenvalue weighted by molar-refractivity contribution is 5.81. The van der Waals surface area contributed by atoms with Crippen LogP contribution in [-0.4, -0.2) is 37.5 Å². The Kier molecular flexibility index (Phi) is 6.90. The molecule has 1 aliphatic heterocycles. The summed E-state index contributed by atoms with van der Waals surface area (Å²) in [6.07, 6.45) is 9.01. The van der Waals surface area contributed by atoms with Gasteiger partial charge in [-0.05, 0) is 32.7 Å². The number of rotatable bonds is 6. The molecule has 0 radical (unpaired) electrons. The lowest BCUT2D eigenvalue weighted by Gasteiger charge is -2.23. The van der Waals surface area contributed by atoms with Crippen LogP contribution in [0.25, 0.3) is 0 Å². The maximum absolute atomic E-state index is 12.1. The number of hydrogen-bond acceptors (Lipinski definition) is 3. The fourth-order valence-corrected chi connectivity index (χ4v) is 3.17. The van der Waals surface area contributed by atoms with Crippen molar-refractivity contribution in [1.29, 1.82) is 0 Å². The Morgan fingerprint density at radius 2 is 2.09 bits per heavy atom. The molecule has 0 saturated heterocycles. The van der Waals surface area contributed by atoms with Gasteiger partial charge in [-0.3, -0.25) is 9.59 Å². The third kappa shape index (κ3) is 5.79. The van der Waals surface area contributed by atoms with E-state index in [1.807, 2.05) is 6.92 Å². The average Bonchev–Trinajstić information content (AvgIpc) is 2.54. The summed E-state index contributed by atoms with van der Waals surface area (Å²) in [6, 6.07) is -0.101. The standard InChI is InChI=1S/C17H29N3O2/c1-13(20-17(22)15-5-3-2-4-6-15)11-16(21)19-12-14-7-9-18-10-8-14/h7,13,15,18H,2-6,8-12H2,1H3,(H,19,21)(H,20,22). The van der Waals surface area contributed by atoms with Crippen LogP contribution in [0.4, 0.5) is 0 Å². The smallest absolute Gasteiger partial charge is 0.223 e. The second-order valence-corrected chi connectivity index (χ2v) is 6.54. The van der Waals surface area contributed by atoms with E-state index in [-0.39, 0.29) is 23.8 Å². The monoisotopic (exact) mass is 307 g/mol. The van der Waals surface area contributed by atoms with Gasteiger partial charge >= 0.3 is 0 Å². The molecule has 5 heteroatoms. The van der Waals surface area contributed by atoms with Gasteiger partial charge in [-0.15, -0.1) is 0 Å². The van der Waals surface area contributed by atoms with Crippen LogP contribution in [0.3, 0.4) is 0 Å². The van der Waals surface area contributed by atoms with Crippen LogP contribution in [0.5, 0.6) is 0 Å². The zero-order chi connectivity index (χ0) is 15.8. The van der Waals surface area contributed by atoms with Crippen molar-refractivity contribution in [3.8, 4) is 0 Å². The van der Waals surface area contributed by atoms with Gasteiger partial charge in [-0.1, -0.05) is 30.9 Å². The van der Waals surface area contributed by atoms with Gasteiger partial charge < -0.3 is 16.0 Å². The molecular formula is C17H29N3O2. The molecule has 1 atom stereocenters. The Labute approximate surface area is 133 Å².